The van der Waals surface area contributed by atoms with Crippen LogP contribution in [0.15, 0.2) is 28.7 Å². The van der Waals surface area contributed by atoms with Crippen LogP contribution in [0.25, 0.3) is 0 Å². The molecule has 2 rings (SSSR count). The van der Waals surface area contributed by atoms with Gasteiger partial charge in [-0.25, -0.2) is 9.78 Å². The van der Waals surface area contributed by atoms with Gasteiger partial charge in [0.25, 0.3) is 0 Å². The summed E-state index contributed by atoms with van der Waals surface area (Å²) in [6.07, 6.45) is 1.19. The lowest BCUT2D eigenvalue weighted by atomic mass is 10.1. The van der Waals surface area contributed by atoms with Gasteiger partial charge < -0.3 is 9.52 Å². The summed E-state index contributed by atoms with van der Waals surface area (Å²) in [5, 5.41) is 9.56. The summed E-state index contributed by atoms with van der Waals surface area (Å²) in [4.78, 5) is 14.8. The normalized spacial score (nSPS) is 10.6. The number of carbonyl (C=O) groups is 1. The van der Waals surface area contributed by atoms with Crippen molar-refractivity contribution < 1.29 is 14.3 Å². The Morgan fingerprint density at radius 1 is 1.39 bits per heavy atom. The molecule has 0 saturated heterocycles. The molecule has 1 N–H and O–H groups in total. The molecule has 0 aliphatic heterocycles. The summed E-state index contributed by atoms with van der Waals surface area (Å²) < 4.78 is 5.30. The number of aryl methyl sites for hydroxylation is 3. The van der Waals surface area contributed by atoms with Gasteiger partial charge in [0.2, 0.25) is 0 Å². The third kappa shape index (κ3) is 2.71. The van der Waals surface area contributed by atoms with E-state index in [9.17, 15) is 4.79 Å². The number of hydrogen-bond donors (Lipinski definition) is 1. The van der Waals surface area contributed by atoms with Crippen LogP contribution in [0.4, 0.5) is 0 Å². The number of aromatic nitrogens is 1. The van der Waals surface area contributed by atoms with E-state index in [1.807, 2.05) is 24.3 Å². The fraction of sp³-hybridized carbons (Fsp3) is 0.231. The molecule has 1 aromatic heterocycles. The second-order valence-electron chi connectivity index (χ2n) is 3.91. The summed E-state index contributed by atoms with van der Waals surface area (Å²) in [6.45, 7) is 1.59. The van der Waals surface area contributed by atoms with E-state index in [4.69, 9.17) is 21.1 Å². The number of carboxylic acids is 1. The van der Waals surface area contributed by atoms with Crippen LogP contribution in [0.5, 0.6) is 0 Å². The number of rotatable bonds is 4. The first-order chi connectivity index (χ1) is 8.58. The topological polar surface area (TPSA) is 63.3 Å². The first-order valence-corrected chi connectivity index (χ1v) is 5.88. The van der Waals surface area contributed by atoms with Crippen molar-refractivity contribution in [3.05, 3.63) is 52.2 Å². The maximum absolute atomic E-state index is 10.8. The number of oxazole rings is 1. The van der Waals surface area contributed by atoms with Gasteiger partial charge in [-0.3, -0.25) is 0 Å². The quantitative estimate of drug-likeness (QED) is 0.922. The van der Waals surface area contributed by atoms with Gasteiger partial charge in [-0.05, 0) is 25.0 Å². The maximum atomic E-state index is 10.8. The lowest BCUT2D eigenvalue weighted by molar-refractivity contribution is 0.0689. The van der Waals surface area contributed by atoms with Crippen LogP contribution in [-0.2, 0) is 12.8 Å². The van der Waals surface area contributed by atoms with Crippen LogP contribution in [0.1, 0.15) is 27.7 Å². The Labute approximate surface area is 109 Å². The molecule has 0 amide bonds. The number of halogens is 1. The van der Waals surface area contributed by atoms with Gasteiger partial charge in [-0.2, -0.15) is 0 Å². The van der Waals surface area contributed by atoms with Crippen LogP contribution in [0, 0.1) is 6.92 Å². The molecule has 4 nitrogen and oxygen atoms in total. The number of aromatic carboxylic acids is 1. The lowest BCUT2D eigenvalue weighted by Crippen LogP contribution is -1.99. The van der Waals surface area contributed by atoms with Gasteiger partial charge >= 0.3 is 5.97 Å². The third-order valence-electron chi connectivity index (χ3n) is 2.61. The Morgan fingerprint density at radius 2 is 2.11 bits per heavy atom. The highest BCUT2D eigenvalue weighted by molar-refractivity contribution is 6.31. The Balaban J connectivity index is 2.09. The van der Waals surface area contributed by atoms with Crippen LogP contribution in [0.3, 0.4) is 0 Å². The van der Waals surface area contributed by atoms with Crippen LogP contribution < -0.4 is 0 Å². The number of nitrogens with zero attached hydrogens (tertiary/aromatic N) is 1. The largest absolute Gasteiger partial charge is 0.476 e. The Hall–Kier alpha value is -1.81. The zero-order valence-electron chi connectivity index (χ0n) is 9.81. The van der Waals surface area contributed by atoms with Crippen molar-refractivity contribution >= 4 is 17.6 Å². The highest BCUT2D eigenvalue weighted by Gasteiger charge is 2.15. The minimum Gasteiger partial charge on any atom is -0.476 e. The minimum atomic E-state index is -1.07. The zero-order valence-corrected chi connectivity index (χ0v) is 10.6. The van der Waals surface area contributed by atoms with E-state index >= 15 is 0 Å². The van der Waals surface area contributed by atoms with Gasteiger partial charge in [0.15, 0.2) is 11.6 Å². The third-order valence-corrected chi connectivity index (χ3v) is 2.98. The highest BCUT2D eigenvalue weighted by Crippen LogP contribution is 2.18. The predicted molar refractivity (Wildman–Crippen MR) is 67.1 cm³/mol. The second-order valence-corrected chi connectivity index (χ2v) is 4.32. The minimum absolute atomic E-state index is 0.0239. The molecule has 5 heteroatoms. The molecule has 0 fully saturated rings. The van der Waals surface area contributed by atoms with Gasteiger partial charge in [0.1, 0.15) is 5.76 Å². The van der Waals surface area contributed by atoms with Crippen LogP contribution >= 0.6 is 11.6 Å². The monoisotopic (exact) mass is 265 g/mol. The van der Waals surface area contributed by atoms with Crippen molar-refractivity contribution in [3.8, 4) is 0 Å². The van der Waals surface area contributed by atoms with E-state index in [0.717, 1.165) is 5.56 Å². The molecule has 1 aromatic carbocycles. The Morgan fingerprint density at radius 3 is 2.72 bits per heavy atom. The standard InChI is InChI=1S/C13H12ClNO3/c1-8-12(13(16)17)15-11(18-8)7-6-9-4-2-3-5-10(9)14/h2-5H,6-7H2,1H3,(H,16,17). The number of hydrogen-bond acceptors (Lipinski definition) is 3. The van der Waals surface area contributed by atoms with Gasteiger partial charge in [-0.15, -0.1) is 0 Å². The molecule has 94 valence electrons. The molecule has 0 bridgehead atoms. The molecule has 0 saturated carbocycles. The summed E-state index contributed by atoms with van der Waals surface area (Å²) in [7, 11) is 0. The summed E-state index contributed by atoms with van der Waals surface area (Å²) in [5.74, 6) is -0.318. The predicted octanol–water partition coefficient (Wildman–Crippen LogP) is 3.12. The summed E-state index contributed by atoms with van der Waals surface area (Å²) >= 11 is 6.03. The van der Waals surface area contributed by atoms with Crippen molar-refractivity contribution in [2.45, 2.75) is 19.8 Å². The van der Waals surface area contributed by atoms with Crippen LogP contribution in [-0.4, -0.2) is 16.1 Å². The average Bonchev–Trinajstić information content (AvgIpc) is 2.70. The first-order valence-electron chi connectivity index (χ1n) is 5.51. The number of benzene rings is 1. The fourth-order valence-electron chi connectivity index (χ4n) is 1.70. The fourth-order valence-corrected chi connectivity index (χ4v) is 1.93. The van der Waals surface area contributed by atoms with Crippen molar-refractivity contribution in [1.82, 2.24) is 4.98 Å². The molecule has 1 heterocycles. The van der Waals surface area contributed by atoms with Crippen molar-refractivity contribution in [1.29, 1.82) is 0 Å². The van der Waals surface area contributed by atoms with Crippen molar-refractivity contribution in [2.75, 3.05) is 0 Å². The van der Waals surface area contributed by atoms with E-state index in [1.54, 1.807) is 6.92 Å². The molecule has 0 unspecified atom stereocenters. The summed E-state index contributed by atoms with van der Waals surface area (Å²) in [5.41, 5.74) is 0.969. The molecule has 0 radical (unpaired) electrons. The Bertz CT molecular complexity index is 577. The smallest absolute Gasteiger partial charge is 0.358 e. The van der Waals surface area contributed by atoms with E-state index in [1.165, 1.54) is 0 Å². The van der Waals surface area contributed by atoms with Crippen molar-refractivity contribution in [2.24, 2.45) is 0 Å². The van der Waals surface area contributed by atoms with E-state index < -0.39 is 5.97 Å². The molecular formula is C13H12ClNO3. The average molecular weight is 266 g/mol. The Kier molecular flexibility index (Phi) is 3.67. The lowest BCUT2D eigenvalue weighted by Gasteiger charge is -2.01. The molecule has 0 spiro atoms. The maximum Gasteiger partial charge on any atom is 0.358 e. The van der Waals surface area contributed by atoms with Crippen molar-refractivity contribution in [3.63, 3.8) is 0 Å². The van der Waals surface area contributed by atoms with Gasteiger partial charge in [-0.1, -0.05) is 29.8 Å². The molecule has 0 atom stereocenters. The van der Waals surface area contributed by atoms with E-state index in [2.05, 4.69) is 4.98 Å². The molecular weight excluding hydrogens is 254 g/mol. The van der Waals surface area contributed by atoms with E-state index in [-0.39, 0.29) is 5.69 Å². The summed E-state index contributed by atoms with van der Waals surface area (Å²) in [6, 6.07) is 7.52. The van der Waals surface area contributed by atoms with E-state index in [0.29, 0.717) is 29.5 Å². The molecule has 2 aromatic rings. The first kappa shape index (κ1) is 12.6. The number of carboxylic acid groups (broad SMARTS) is 1. The SMILES string of the molecule is Cc1oc(CCc2ccccc2Cl)nc1C(=O)O. The second kappa shape index (κ2) is 5.23. The zero-order chi connectivity index (χ0) is 13.1. The van der Waals surface area contributed by atoms with Gasteiger partial charge in [0, 0.05) is 11.4 Å². The molecule has 18 heavy (non-hydrogen) atoms. The molecule has 0 aliphatic carbocycles. The highest BCUT2D eigenvalue weighted by atomic mass is 35.5. The molecule has 0 aliphatic rings. The van der Waals surface area contributed by atoms with Crippen LogP contribution in [0.2, 0.25) is 5.02 Å². The van der Waals surface area contributed by atoms with Gasteiger partial charge in [0.05, 0.1) is 0 Å².